The van der Waals surface area contributed by atoms with E-state index in [-0.39, 0.29) is 5.56 Å². The summed E-state index contributed by atoms with van der Waals surface area (Å²) in [4.78, 5) is 27.6. The van der Waals surface area contributed by atoms with Crippen molar-refractivity contribution in [3.8, 4) is 11.3 Å². The average Bonchev–Trinajstić information content (AvgIpc) is 2.58. The van der Waals surface area contributed by atoms with Crippen LogP contribution in [0.3, 0.4) is 0 Å². The average molecular weight is 307 g/mol. The monoisotopic (exact) mass is 307 g/mol. The van der Waals surface area contributed by atoms with Crippen LogP contribution in [-0.4, -0.2) is 31.0 Å². The second-order valence-corrected chi connectivity index (χ2v) is 4.85. The number of aromatic carboxylic acids is 1. The Morgan fingerprint density at radius 1 is 1.17 bits per heavy atom. The van der Waals surface area contributed by atoms with Gasteiger partial charge in [0.1, 0.15) is 6.33 Å². The van der Waals surface area contributed by atoms with Crippen LogP contribution in [0.2, 0.25) is 0 Å². The van der Waals surface area contributed by atoms with Crippen molar-refractivity contribution in [2.75, 3.05) is 5.32 Å². The molecule has 0 radical (unpaired) electrons. The largest absolute Gasteiger partial charge is 0.478 e. The maximum absolute atomic E-state index is 11.1. The van der Waals surface area contributed by atoms with Crippen molar-refractivity contribution >= 4 is 17.6 Å². The lowest BCUT2D eigenvalue weighted by Gasteiger charge is -2.10. The van der Waals surface area contributed by atoms with Gasteiger partial charge in [0.05, 0.1) is 11.3 Å². The van der Waals surface area contributed by atoms with E-state index in [2.05, 4.69) is 25.3 Å². The standard InChI is InChI=1S/C16H13N5O2/c1-10-2-3-11(15(22)23)6-14(10)21-16-19-5-4-13(20-16)12-7-17-9-18-8-12/h2-9H,1H3,(H,22,23)(H,19,20,21). The van der Waals surface area contributed by atoms with Gasteiger partial charge in [0, 0.05) is 29.8 Å². The number of nitrogens with one attached hydrogen (secondary N) is 1. The first kappa shape index (κ1) is 14.6. The van der Waals surface area contributed by atoms with Gasteiger partial charge in [-0.25, -0.2) is 24.7 Å². The fourth-order valence-corrected chi connectivity index (χ4v) is 2.02. The summed E-state index contributed by atoms with van der Waals surface area (Å²) in [6, 6.07) is 6.60. The van der Waals surface area contributed by atoms with Gasteiger partial charge in [0.2, 0.25) is 5.95 Å². The summed E-state index contributed by atoms with van der Waals surface area (Å²) in [6.07, 6.45) is 6.39. The van der Waals surface area contributed by atoms with Crippen LogP contribution >= 0.6 is 0 Å². The molecule has 0 saturated heterocycles. The molecule has 2 heterocycles. The third-order valence-electron chi connectivity index (χ3n) is 3.24. The third kappa shape index (κ3) is 3.29. The molecule has 0 aliphatic rings. The molecule has 7 heteroatoms. The van der Waals surface area contributed by atoms with E-state index in [1.165, 1.54) is 6.33 Å². The van der Waals surface area contributed by atoms with Crippen LogP contribution in [-0.2, 0) is 0 Å². The molecule has 2 N–H and O–H groups in total. The number of carbonyl (C=O) groups is 1. The maximum atomic E-state index is 11.1. The number of rotatable bonds is 4. The van der Waals surface area contributed by atoms with E-state index in [1.54, 1.807) is 42.9 Å². The summed E-state index contributed by atoms with van der Waals surface area (Å²) in [5, 5.41) is 12.1. The summed E-state index contributed by atoms with van der Waals surface area (Å²) in [5.74, 6) is -0.610. The van der Waals surface area contributed by atoms with Crippen molar-refractivity contribution in [1.29, 1.82) is 0 Å². The zero-order valence-electron chi connectivity index (χ0n) is 12.3. The molecular formula is C16H13N5O2. The van der Waals surface area contributed by atoms with Gasteiger partial charge in [-0.15, -0.1) is 0 Å². The minimum absolute atomic E-state index is 0.200. The molecule has 0 aliphatic heterocycles. The Bertz CT molecular complexity index is 852. The highest BCUT2D eigenvalue weighted by atomic mass is 16.4. The van der Waals surface area contributed by atoms with E-state index >= 15 is 0 Å². The Labute approximate surface area is 132 Å². The van der Waals surface area contributed by atoms with Gasteiger partial charge in [-0.3, -0.25) is 0 Å². The summed E-state index contributed by atoms with van der Waals surface area (Å²) >= 11 is 0. The molecule has 7 nitrogen and oxygen atoms in total. The van der Waals surface area contributed by atoms with Gasteiger partial charge in [-0.2, -0.15) is 0 Å². The highest BCUT2D eigenvalue weighted by Gasteiger charge is 2.08. The van der Waals surface area contributed by atoms with Crippen LogP contribution < -0.4 is 5.32 Å². The number of carboxylic acids is 1. The van der Waals surface area contributed by atoms with E-state index in [1.807, 2.05) is 6.92 Å². The minimum atomic E-state index is -0.982. The molecule has 0 aliphatic carbocycles. The molecule has 0 unspecified atom stereocenters. The molecule has 0 bridgehead atoms. The molecule has 0 fully saturated rings. The first-order valence-corrected chi connectivity index (χ1v) is 6.83. The molecule has 2 aromatic heterocycles. The highest BCUT2D eigenvalue weighted by Crippen LogP contribution is 2.22. The lowest BCUT2D eigenvalue weighted by Crippen LogP contribution is -2.02. The molecule has 0 spiro atoms. The van der Waals surface area contributed by atoms with Gasteiger partial charge in [-0.1, -0.05) is 6.07 Å². The summed E-state index contributed by atoms with van der Waals surface area (Å²) in [7, 11) is 0. The predicted octanol–water partition coefficient (Wildman–Crippen LogP) is 2.68. The molecule has 3 rings (SSSR count). The SMILES string of the molecule is Cc1ccc(C(=O)O)cc1Nc1nccc(-c2cncnc2)n1. The Morgan fingerprint density at radius 2 is 1.96 bits per heavy atom. The Balaban J connectivity index is 1.92. The second kappa shape index (κ2) is 6.18. The van der Waals surface area contributed by atoms with E-state index in [0.29, 0.717) is 17.3 Å². The van der Waals surface area contributed by atoms with Crippen molar-refractivity contribution in [2.24, 2.45) is 0 Å². The number of aryl methyl sites for hydroxylation is 1. The fourth-order valence-electron chi connectivity index (χ4n) is 2.02. The molecule has 0 amide bonds. The Morgan fingerprint density at radius 3 is 2.70 bits per heavy atom. The number of hydrogen-bond donors (Lipinski definition) is 2. The maximum Gasteiger partial charge on any atom is 0.335 e. The fraction of sp³-hybridized carbons (Fsp3) is 0.0625. The van der Waals surface area contributed by atoms with Crippen LogP contribution in [0, 0.1) is 6.92 Å². The van der Waals surface area contributed by atoms with E-state index < -0.39 is 5.97 Å². The Kier molecular flexibility index (Phi) is 3.92. The van der Waals surface area contributed by atoms with Crippen LogP contribution in [0.5, 0.6) is 0 Å². The molecule has 1 aromatic carbocycles. The third-order valence-corrected chi connectivity index (χ3v) is 3.24. The summed E-state index contributed by atoms with van der Waals surface area (Å²) in [5.41, 5.74) is 3.19. The lowest BCUT2D eigenvalue weighted by molar-refractivity contribution is 0.0697. The first-order valence-electron chi connectivity index (χ1n) is 6.83. The molecule has 114 valence electrons. The van der Waals surface area contributed by atoms with E-state index in [0.717, 1.165) is 11.1 Å². The van der Waals surface area contributed by atoms with Gasteiger partial charge in [0.25, 0.3) is 0 Å². The van der Waals surface area contributed by atoms with E-state index in [9.17, 15) is 4.79 Å². The molecular weight excluding hydrogens is 294 g/mol. The van der Waals surface area contributed by atoms with Gasteiger partial charge < -0.3 is 10.4 Å². The van der Waals surface area contributed by atoms with Gasteiger partial charge >= 0.3 is 5.97 Å². The van der Waals surface area contributed by atoms with Crippen molar-refractivity contribution in [3.63, 3.8) is 0 Å². The van der Waals surface area contributed by atoms with Crippen LogP contribution in [0.4, 0.5) is 11.6 Å². The van der Waals surface area contributed by atoms with Crippen LogP contribution in [0.1, 0.15) is 15.9 Å². The van der Waals surface area contributed by atoms with Crippen LogP contribution in [0.15, 0.2) is 49.2 Å². The summed E-state index contributed by atoms with van der Waals surface area (Å²) in [6.45, 7) is 1.88. The topological polar surface area (TPSA) is 101 Å². The van der Waals surface area contributed by atoms with Gasteiger partial charge in [0.15, 0.2) is 0 Å². The predicted molar refractivity (Wildman–Crippen MR) is 84.5 cm³/mol. The first-order chi connectivity index (χ1) is 11.1. The highest BCUT2D eigenvalue weighted by molar-refractivity contribution is 5.89. The number of nitrogens with zero attached hydrogens (tertiary/aromatic N) is 4. The molecule has 0 saturated carbocycles. The zero-order valence-corrected chi connectivity index (χ0v) is 12.3. The molecule has 0 atom stereocenters. The molecule has 3 aromatic rings. The number of aromatic nitrogens is 4. The van der Waals surface area contributed by atoms with Crippen molar-refractivity contribution < 1.29 is 9.90 Å². The van der Waals surface area contributed by atoms with Gasteiger partial charge in [-0.05, 0) is 30.7 Å². The van der Waals surface area contributed by atoms with E-state index in [4.69, 9.17) is 5.11 Å². The van der Waals surface area contributed by atoms with Crippen molar-refractivity contribution in [3.05, 3.63) is 60.3 Å². The number of carboxylic acid groups (broad SMARTS) is 1. The van der Waals surface area contributed by atoms with Crippen molar-refractivity contribution in [2.45, 2.75) is 6.92 Å². The summed E-state index contributed by atoms with van der Waals surface area (Å²) < 4.78 is 0. The van der Waals surface area contributed by atoms with Crippen LogP contribution in [0.25, 0.3) is 11.3 Å². The van der Waals surface area contributed by atoms with Crippen molar-refractivity contribution in [1.82, 2.24) is 19.9 Å². The normalized spacial score (nSPS) is 10.3. The minimum Gasteiger partial charge on any atom is -0.478 e. The quantitative estimate of drug-likeness (QED) is 0.764. The second-order valence-electron chi connectivity index (χ2n) is 4.85. The smallest absolute Gasteiger partial charge is 0.335 e. The molecule has 23 heavy (non-hydrogen) atoms. The number of anilines is 2. The zero-order chi connectivity index (χ0) is 16.2. The number of hydrogen-bond acceptors (Lipinski definition) is 6. The Hall–Kier alpha value is -3.35. The lowest BCUT2D eigenvalue weighted by atomic mass is 10.1. The number of benzene rings is 1.